The highest BCUT2D eigenvalue weighted by Crippen LogP contribution is 2.39. The van der Waals surface area contributed by atoms with Crippen molar-refractivity contribution in [1.82, 2.24) is 4.98 Å². The third kappa shape index (κ3) is 7.87. The molecule has 2 heterocycles. The zero-order valence-corrected chi connectivity index (χ0v) is 21.4. The number of anilines is 2. The molecular weight excluding hydrogens is 402 g/mol. The van der Waals surface area contributed by atoms with Crippen LogP contribution in [0.25, 0.3) is 0 Å². The monoisotopic (exact) mass is 451 g/mol. The van der Waals surface area contributed by atoms with Crippen LogP contribution in [0.5, 0.6) is 5.75 Å². The largest absolute Gasteiger partial charge is 0.489 e. The summed E-state index contributed by atoms with van der Waals surface area (Å²) in [6.07, 6.45) is 9.81. The van der Waals surface area contributed by atoms with Crippen molar-refractivity contribution in [3.05, 3.63) is 5.69 Å². The van der Waals surface area contributed by atoms with Crippen LogP contribution in [0.4, 0.5) is 11.5 Å². The van der Waals surface area contributed by atoms with E-state index in [0.29, 0.717) is 37.5 Å². The molecule has 0 radical (unpaired) electrons. The maximum absolute atomic E-state index is 6.33. The highest BCUT2D eigenvalue weighted by Gasteiger charge is 2.36. The normalized spacial score (nSPS) is 20.2. The molecule has 1 aliphatic rings. The molecule has 0 amide bonds. The van der Waals surface area contributed by atoms with Gasteiger partial charge in [0.15, 0.2) is 5.75 Å². The predicted octanol–water partition coefficient (Wildman–Crippen LogP) is 6.16. The zero-order chi connectivity index (χ0) is 23.4. The number of aryl methyl sites for hydroxylation is 1. The van der Waals surface area contributed by atoms with E-state index >= 15 is 0 Å². The Kier molecular flexibility index (Phi) is 11.7. The van der Waals surface area contributed by atoms with Gasteiger partial charge < -0.3 is 30.2 Å². The number of unbranched alkanes of at least 4 members (excludes halogenated alkanes) is 2. The summed E-state index contributed by atoms with van der Waals surface area (Å²) in [7, 11) is 0. The topological polar surface area (TPSA) is 81.5 Å². The number of rotatable bonds is 16. The molecule has 1 aromatic rings. The lowest BCUT2D eigenvalue weighted by Gasteiger charge is -2.32. The molecule has 1 aliphatic heterocycles. The lowest BCUT2D eigenvalue weighted by molar-refractivity contribution is -0.0511. The van der Waals surface area contributed by atoms with Gasteiger partial charge >= 0.3 is 0 Å². The Hall–Kier alpha value is -1.40. The number of aromatic amines is 1. The van der Waals surface area contributed by atoms with E-state index in [1.165, 1.54) is 38.5 Å². The Labute approximate surface area is 196 Å². The van der Waals surface area contributed by atoms with Gasteiger partial charge in [0, 0.05) is 19.8 Å². The van der Waals surface area contributed by atoms with Gasteiger partial charge in [-0.25, -0.2) is 0 Å². The number of aromatic nitrogens is 1. The number of nitrogen functional groups attached to an aromatic ring is 1. The van der Waals surface area contributed by atoms with Gasteiger partial charge in [0.1, 0.15) is 18.1 Å². The lowest BCUT2D eigenvalue weighted by atomic mass is 9.90. The van der Waals surface area contributed by atoms with E-state index in [1.807, 2.05) is 6.92 Å². The average molecular weight is 452 g/mol. The van der Waals surface area contributed by atoms with Crippen LogP contribution in [0.15, 0.2) is 0 Å². The van der Waals surface area contributed by atoms with Crippen molar-refractivity contribution >= 4 is 11.5 Å². The Morgan fingerprint density at radius 3 is 2.03 bits per heavy atom. The van der Waals surface area contributed by atoms with Crippen LogP contribution >= 0.6 is 0 Å². The van der Waals surface area contributed by atoms with E-state index < -0.39 is 0 Å². The van der Waals surface area contributed by atoms with Crippen LogP contribution in [0.1, 0.15) is 84.8 Å². The third-order valence-electron chi connectivity index (χ3n) is 6.93. The van der Waals surface area contributed by atoms with Crippen LogP contribution in [0.2, 0.25) is 0 Å². The molecule has 6 nitrogen and oxygen atoms in total. The first kappa shape index (κ1) is 26.8. The number of H-pyrrole nitrogens is 1. The van der Waals surface area contributed by atoms with Gasteiger partial charge in [0.05, 0.1) is 24.3 Å². The lowest BCUT2D eigenvalue weighted by Crippen LogP contribution is -2.43. The summed E-state index contributed by atoms with van der Waals surface area (Å²) in [6.45, 7) is 15.2. The Balaban J connectivity index is 2.01. The first-order valence-corrected chi connectivity index (χ1v) is 13.0. The minimum Gasteiger partial charge on any atom is -0.489 e. The number of nitrogens with two attached hydrogens (primary N) is 1. The fourth-order valence-corrected chi connectivity index (χ4v) is 4.45. The Bertz CT molecular complexity index is 594. The van der Waals surface area contributed by atoms with Gasteiger partial charge in [-0.1, -0.05) is 66.2 Å². The quantitative estimate of drug-likeness (QED) is 0.280. The van der Waals surface area contributed by atoms with Crippen molar-refractivity contribution in [2.45, 2.75) is 86.0 Å². The van der Waals surface area contributed by atoms with E-state index in [4.69, 9.17) is 19.9 Å². The summed E-state index contributed by atoms with van der Waals surface area (Å²) >= 11 is 0. The van der Waals surface area contributed by atoms with E-state index in [1.54, 1.807) is 0 Å². The van der Waals surface area contributed by atoms with Gasteiger partial charge in [-0.15, -0.1) is 0 Å². The second-order valence-corrected chi connectivity index (χ2v) is 9.87. The SMILES string of the molecule is CCCCC(CC)COCC1(COCC(CC)CCCC)CNc2c(N)[nH]c(C)c2OC1. The zero-order valence-electron chi connectivity index (χ0n) is 21.4. The molecule has 0 bridgehead atoms. The molecule has 2 unspecified atom stereocenters. The first-order chi connectivity index (χ1) is 15.5. The second kappa shape index (κ2) is 14.0. The molecule has 0 fully saturated rings. The first-order valence-electron chi connectivity index (χ1n) is 13.0. The van der Waals surface area contributed by atoms with Crippen LogP contribution in [-0.2, 0) is 9.47 Å². The second-order valence-electron chi connectivity index (χ2n) is 9.87. The summed E-state index contributed by atoms with van der Waals surface area (Å²) < 4.78 is 18.9. The molecule has 0 saturated carbocycles. The predicted molar refractivity (Wildman–Crippen MR) is 135 cm³/mol. The molecule has 0 spiro atoms. The molecule has 32 heavy (non-hydrogen) atoms. The van der Waals surface area contributed by atoms with Gasteiger partial charge in [0.25, 0.3) is 0 Å². The Morgan fingerprint density at radius 2 is 1.53 bits per heavy atom. The van der Waals surface area contributed by atoms with Gasteiger partial charge in [0.2, 0.25) is 0 Å². The maximum atomic E-state index is 6.33. The van der Waals surface area contributed by atoms with E-state index in [9.17, 15) is 0 Å². The molecule has 0 saturated heterocycles. The summed E-state index contributed by atoms with van der Waals surface area (Å²) in [6, 6.07) is 0. The van der Waals surface area contributed by atoms with Gasteiger partial charge in [-0.2, -0.15) is 0 Å². The molecule has 0 aliphatic carbocycles. The Morgan fingerprint density at radius 1 is 0.969 bits per heavy atom. The fraction of sp³-hybridized carbons (Fsp3) is 0.846. The van der Waals surface area contributed by atoms with Crippen molar-refractivity contribution in [2.75, 3.05) is 50.6 Å². The maximum Gasteiger partial charge on any atom is 0.165 e. The average Bonchev–Trinajstić information content (AvgIpc) is 2.95. The molecule has 186 valence electrons. The fourth-order valence-electron chi connectivity index (χ4n) is 4.45. The van der Waals surface area contributed by atoms with Crippen LogP contribution in [-0.4, -0.2) is 44.6 Å². The van der Waals surface area contributed by atoms with E-state index in [-0.39, 0.29) is 5.41 Å². The van der Waals surface area contributed by atoms with Crippen molar-refractivity contribution in [3.63, 3.8) is 0 Å². The standard InChI is InChI=1S/C26H49N3O3/c1-6-10-12-21(8-3)14-30-17-26(18-31-15-22(9-4)13-11-7-2)16-28-23-24(32-19-26)20(5)29-25(23)27/h21-22,28-29H,6-19,27H2,1-5H3. The molecule has 4 N–H and O–H groups in total. The highest BCUT2D eigenvalue weighted by molar-refractivity contribution is 5.74. The van der Waals surface area contributed by atoms with Crippen molar-refractivity contribution < 1.29 is 14.2 Å². The number of hydrogen-bond acceptors (Lipinski definition) is 5. The molecule has 2 rings (SSSR count). The van der Waals surface area contributed by atoms with Crippen LogP contribution in [0.3, 0.4) is 0 Å². The van der Waals surface area contributed by atoms with E-state index in [2.05, 4.69) is 38.0 Å². The minimum atomic E-state index is -0.239. The molecule has 0 aromatic carbocycles. The highest BCUT2D eigenvalue weighted by atomic mass is 16.5. The molecular formula is C26H49N3O3. The van der Waals surface area contributed by atoms with Crippen molar-refractivity contribution in [1.29, 1.82) is 0 Å². The molecule has 1 aromatic heterocycles. The molecule has 6 heteroatoms. The summed E-state index contributed by atoms with van der Waals surface area (Å²) in [5.41, 5.74) is 7.76. The van der Waals surface area contributed by atoms with Crippen molar-refractivity contribution in [2.24, 2.45) is 17.3 Å². The van der Waals surface area contributed by atoms with Crippen molar-refractivity contribution in [3.8, 4) is 5.75 Å². The number of hydrogen-bond donors (Lipinski definition) is 3. The smallest absolute Gasteiger partial charge is 0.165 e. The van der Waals surface area contributed by atoms with Gasteiger partial charge in [-0.05, 0) is 31.6 Å². The summed E-state index contributed by atoms with van der Waals surface area (Å²) in [5, 5.41) is 3.54. The van der Waals surface area contributed by atoms with Gasteiger partial charge in [-0.3, -0.25) is 0 Å². The molecule has 2 atom stereocenters. The third-order valence-corrected chi connectivity index (χ3v) is 6.93. The number of nitrogens with one attached hydrogen (secondary N) is 2. The van der Waals surface area contributed by atoms with Crippen LogP contribution < -0.4 is 15.8 Å². The van der Waals surface area contributed by atoms with Crippen LogP contribution in [0, 0.1) is 24.2 Å². The summed E-state index contributed by atoms with van der Waals surface area (Å²) in [5.74, 6) is 2.70. The number of ether oxygens (including phenoxy) is 3. The van der Waals surface area contributed by atoms with E-state index in [0.717, 1.165) is 49.7 Å². The number of fused-ring (bicyclic) bond motifs is 1. The minimum absolute atomic E-state index is 0.239. The summed E-state index contributed by atoms with van der Waals surface area (Å²) in [4.78, 5) is 3.17.